The van der Waals surface area contributed by atoms with E-state index < -0.39 is 0 Å². The third kappa shape index (κ3) is 9.32. The number of carbonyl (C=O) groups excluding carboxylic acids is 1. The minimum atomic E-state index is -0.303. The second-order valence-electron chi connectivity index (χ2n) is 3.57. The summed E-state index contributed by atoms with van der Waals surface area (Å²) < 4.78 is 4.94. The third-order valence-electron chi connectivity index (χ3n) is 1.82. The molecule has 0 aromatic carbocycles. The van der Waals surface area contributed by atoms with Crippen LogP contribution in [0.1, 0.15) is 26.2 Å². The molecule has 84 valence electrons. The molecule has 0 spiro atoms. The van der Waals surface area contributed by atoms with E-state index in [9.17, 15) is 4.79 Å². The Morgan fingerprint density at radius 3 is 2.64 bits per heavy atom. The molecule has 4 nitrogen and oxygen atoms in total. The molecule has 0 radical (unpaired) electrons. The number of carbonyl (C=O) groups is 1. The van der Waals surface area contributed by atoms with E-state index in [1.807, 2.05) is 19.0 Å². The Kier molecular flexibility index (Phi) is 8.33. The van der Waals surface area contributed by atoms with Crippen molar-refractivity contribution in [1.29, 1.82) is 0 Å². The standard InChI is InChI=1S/C10H22N2O2/c1-4-5-6-7-11-10(13)14-9-8-12(2)3/h4-9H2,1-3H3,(H,11,13). The van der Waals surface area contributed by atoms with Crippen LogP contribution in [0.15, 0.2) is 0 Å². The molecule has 0 heterocycles. The first kappa shape index (κ1) is 13.2. The van der Waals surface area contributed by atoms with Gasteiger partial charge in [-0.3, -0.25) is 0 Å². The summed E-state index contributed by atoms with van der Waals surface area (Å²) >= 11 is 0. The zero-order chi connectivity index (χ0) is 10.8. The quantitative estimate of drug-likeness (QED) is 0.636. The molecular weight excluding hydrogens is 180 g/mol. The number of ether oxygens (including phenoxy) is 1. The summed E-state index contributed by atoms with van der Waals surface area (Å²) in [5.74, 6) is 0. The molecule has 0 aliphatic heterocycles. The predicted octanol–water partition coefficient (Wildman–Crippen LogP) is 1.46. The largest absolute Gasteiger partial charge is 0.448 e. The zero-order valence-corrected chi connectivity index (χ0v) is 9.51. The lowest BCUT2D eigenvalue weighted by atomic mass is 10.2. The van der Waals surface area contributed by atoms with Crippen LogP contribution in [-0.4, -0.2) is 44.8 Å². The van der Waals surface area contributed by atoms with Crippen LogP contribution >= 0.6 is 0 Å². The normalized spacial score (nSPS) is 10.3. The molecule has 4 heteroatoms. The van der Waals surface area contributed by atoms with Gasteiger partial charge >= 0.3 is 6.09 Å². The lowest BCUT2D eigenvalue weighted by Crippen LogP contribution is -2.28. The molecule has 1 amide bonds. The number of nitrogens with one attached hydrogen (secondary N) is 1. The van der Waals surface area contributed by atoms with Crippen LogP contribution in [0.5, 0.6) is 0 Å². The maximum Gasteiger partial charge on any atom is 0.407 e. The van der Waals surface area contributed by atoms with Gasteiger partial charge in [0.1, 0.15) is 6.61 Å². The predicted molar refractivity (Wildman–Crippen MR) is 57.4 cm³/mol. The molecule has 1 N–H and O–H groups in total. The van der Waals surface area contributed by atoms with E-state index in [-0.39, 0.29) is 6.09 Å². The van der Waals surface area contributed by atoms with Crippen LogP contribution in [0.2, 0.25) is 0 Å². The Labute approximate surface area is 86.6 Å². The molecule has 0 aromatic rings. The fourth-order valence-electron chi connectivity index (χ4n) is 0.937. The van der Waals surface area contributed by atoms with Crippen molar-refractivity contribution in [3.8, 4) is 0 Å². The highest BCUT2D eigenvalue weighted by molar-refractivity contribution is 5.66. The number of nitrogens with zero attached hydrogens (tertiary/aromatic N) is 1. The van der Waals surface area contributed by atoms with E-state index in [1.54, 1.807) is 0 Å². The van der Waals surface area contributed by atoms with Gasteiger partial charge in [0.2, 0.25) is 0 Å². The van der Waals surface area contributed by atoms with Gasteiger partial charge in [-0.05, 0) is 20.5 Å². The summed E-state index contributed by atoms with van der Waals surface area (Å²) in [6, 6.07) is 0. The molecule has 0 aromatic heterocycles. The number of unbranched alkanes of at least 4 members (excludes halogenated alkanes) is 2. The van der Waals surface area contributed by atoms with Crippen molar-refractivity contribution in [3.05, 3.63) is 0 Å². The van der Waals surface area contributed by atoms with E-state index in [0.717, 1.165) is 25.8 Å². The van der Waals surface area contributed by atoms with Crippen molar-refractivity contribution >= 4 is 6.09 Å². The molecule has 0 rings (SSSR count). The molecule has 0 saturated heterocycles. The minimum Gasteiger partial charge on any atom is -0.448 e. The smallest absolute Gasteiger partial charge is 0.407 e. The molecule has 0 aliphatic rings. The van der Waals surface area contributed by atoms with Gasteiger partial charge in [0.25, 0.3) is 0 Å². The Balaban J connectivity index is 3.20. The first-order valence-corrected chi connectivity index (χ1v) is 5.22. The monoisotopic (exact) mass is 202 g/mol. The van der Waals surface area contributed by atoms with Crippen LogP contribution in [-0.2, 0) is 4.74 Å². The highest BCUT2D eigenvalue weighted by Gasteiger charge is 2.00. The number of rotatable bonds is 7. The van der Waals surface area contributed by atoms with E-state index in [0.29, 0.717) is 13.2 Å². The zero-order valence-electron chi connectivity index (χ0n) is 9.51. The van der Waals surface area contributed by atoms with Crippen LogP contribution in [0.25, 0.3) is 0 Å². The first-order valence-electron chi connectivity index (χ1n) is 5.22. The van der Waals surface area contributed by atoms with Crippen molar-refractivity contribution in [2.75, 3.05) is 33.8 Å². The summed E-state index contributed by atoms with van der Waals surface area (Å²) in [6.45, 7) is 4.07. The molecule has 0 atom stereocenters. The Morgan fingerprint density at radius 2 is 2.07 bits per heavy atom. The second kappa shape index (κ2) is 8.81. The Bertz CT molecular complexity index is 149. The van der Waals surface area contributed by atoms with Gasteiger partial charge in [-0.2, -0.15) is 0 Å². The lowest BCUT2D eigenvalue weighted by molar-refractivity contribution is 0.136. The van der Waals surface area contributed by atoms with Gasteiger partial charge in [0, 0.05) is 13.1 Å². The third-order valence-corrected chi connectivity index (χ3v) is 1.82. The summed E-state index contributed by atoms with van der Waals surface area (Å²) in [6.07, 6.45) is 3.04. The lowest BCUT2D eigenvalue weighted by Gasteiger charge is -2.10. The summed E-state index contributed by atoms with van der Waals surface area (Å²) in [7, 11) is 3.89. The fourth-order valence-corrected chi connectivity index (χ4v) is 0.937. The van der Waals surface area contributed by atoms with E-state index in [2.05, 4.69) is 12.2 Å². The number of hydrogen-bond acceptors (Lipinski definition) is 3. The van der Waals surface area contributed by atoms with E-state index in [1.165, 1.54) is 0 Å². The van der Waals surface area contributed by atoms with Gasteiger partial charge in [-0.15, -0.1) is 0 Å². The van der Waals surface area contributed by atoms with Gasteiger partial charge in [-0.25, -0.2) is 4.79 Å². The van der Waals surface area contributed by atoms with Crippen molar-refractivity contribution in [2.24, 2.45) is 0 Å². The molecule has 0 fully saturated rings. The van der Waals surface area contributed by atoms with Crippen LogP contribution in [0.3, 0.4) is 0 Å². The fraction of sp³-hybridized carbons (Fsp3) is 0.900. The Hall–Kier alpha value is -0.770. The first-order chi connectivity index (χ1) is 6.66. The average Bonchev–Trinajstić information content (AvgIpc) is 2.12. The molecule has 0 unspecified atom stereocenters. The Morgan fingerprint density at radius 1 is 1.36 bits per heavy atom. The van der Waals surface area contributed by atoms with Crippen molar-refractivity contribution in [3.63, 3.8) is 0 Å². The van der Waals surface area contributed by atoms with Crippen molar-refractivity contribution < 1.29 is 9.53 Å². The second-order valence-corrected chi connectivity index (χ2v) is 3.57. The van der Waals surface area contributed by atoms with Gasteiger partial charge in [0.15, 0.2) is 0 Å². The van der Waals surface area contributed by atoms with Crippen LogP contribution in [0.4, 0.5) is 4.79 Å². The van der Waals surface area contributed by atoms with E-state index in [4.69, 9.17) is 4.74 Å². The van der Waals surface area contributed by atoms with Crippen molar-refractivity contribution in [2.45, 2.75) is 26.2 Å². The number of alkyl carbamates (subject to hydrolysis) is 1. The number of likely N-dealkylation sites (N-methyl/N-ethyl adjacent to an activating group) is 1. The van der Waals surface area contributed by atoms with E-state index >= 15 is 0 Å². The number of hydrogen-bond donors (Lipinski definition) is 1. The van der Waals surface area contributed by atoms with Gasteiger partial charge in [-0.1, -0.05) is 19.8 Å². The van der Waals surface area contributed by atoms with Crippen LogP contribution < -0.4 is 5.32 Å². The van der Waals surface area contributed by atoms with Gasteiger partial charge in [0.05, 0.1) is 0 Å². The molecular formula is C10H22N2O2. The average molecular weight is 202 g/mol. The maximum absolute atomic E-state index is 11.0. The molecule has 0 saturated carbocycles. The van der Waals surface area contributed by atoms with Crippen LogP contribution in [0, 0.1) is 0 Å². The maximum atomic E-state index is 11.0. The molecule has 0 aliphatic carbocycles. The summed E-state index contributed by atoms with van der Waals surface area (Å²) in [5, 5.41) is 2.71. The minimum absolute atomic E-state index is 0.303. The topological polar surface area (TPSA) is 41.6 Å². The summed E-state index contributed by atoms with van der Waals surface area (Å²) in [5.41, 5.74) is 0. The molecule has 14 heavy (non-hydrogen) atoms. The number of amides is 1. The van der Waals surface area contributed by atoms with Gasteiger partial charge < -0.3 is 15.0 Å². The highest BCUT2D eigenvalue weighted by atomic mass is 16.5. The molecule has 0 bridgehead atoms. The van der Waals surface area contributed by atoms with Crippen molar-refractivity contribution in [1.82, 2.24) is 10.2 Å². The summed E-state index contributed by atoms with van der Waals surface area (Å²) in [4.78, 5) is 13.0. The SMILES string of the molecule is CCCCCNC(=O)OCCN(C)C. The highest BCUT2D eigenvalue weighted by Crippen LogP contribution is 1.91.